The van der Waals surface area contributed by atoms with Crippen LogP contribution in [0.2, 0.25) is 0 Å². The molecule has 3 N–H and O–H groups in total. The molecule has 0 spiro atoms. The molecule has 0 aliphatic heterocycles. The van der Waals surface area contributed by atoms with Crippen molar-refractivity contribution in [1.29, 1.82) is 0 Å². The van der Waals surface area contributed by atoms with Gasteiger partial charge in [0.25, 0.3) is 0 Å². The molecule has 0 fully saturated rings. The summed E-state index contributed by atoms with van der Waals surface area (Å²) in [6, 6.07) is 14.4. The van der Waals surface area contributed by atoms with E-state index >= 15 is 0 Å². The molecular weight excluding hydrogens is 210 g/mol. The van der Waals surface area contributed by atoms with Crippen molar-refractivity contribution in [3.05, 3.63) is 48.0 Å². The fourth-order valence-corrected chi connectivity index (χ4v) is 2.18. The van der Waals surface area contributed by atoms with Crippen LogP contribution in [-0.2, 0) is 0 Å². The van der Waals surface area contributed by atoms with E-state index in [2.05, 4.69) is 37.3 Å². The van der Waals surface area contributed by atoms with Gasteiger partial charge in [-0.3, -0.25) is 0 Å². The summed E-state index contributed by atoms with van der Waals surface area (Å²) in [5.41, 5.74) is 7.29. The number of nitrogens with two attached hydrogens (primary N) is 1. The number of aliphatic hydroxyl groups excluding tert-OH is 1. The minimum absolute atomic E-state index is 0.0883. The van der Waals surface area contributed by atoms with Crippen LogP contribution < -0.4 is 5.73 Å². The van der Waals surface area contributed by atoms with Crippen molar-refractivity contribution in [3.63, 3.8) is 0 Å². The van der Waals surface area contributed by atoms with Crippen molar-refractivity contribution >= 4 is 10.8 Å². The van der Waals surface area contributed by atoms with E-state index in [1.165, 1.54) is 10.8 Å². The summed E-state index contributed by atoms with van der Waals surface area (Å²) in [5.74, 6) is 0.135. The van der Waals surface area contributed by atoms with Crippen LogP contribution >= 0.6 is 0 Å². The fraction of sp³-hybridized carbons (Fsp3) is 0.333. The Hall–Kier alpha value is -1.38. The Morgan fingerprint density at radius 1 is 1.12 bits per heavy atom. The van der Waals surface area contributed by atoms with Crippen molar-refractivity contribution in [2.75, 3.05) is 6.61 Å². The standard InChI is InChI=1S/C15H19NO/c1-2-11(10-17)15(16)14-8-7-12-5-3-4-6-13(12)9-14/h3-9,11,15,17H,2,10,16H2,1H3. The van der Waals surface area contributed by atoms with Gasteiger partial charge in [-0.25, -0.2) is 0 Å². The molecule has 0 bridgehead atoms. The maximum atomic E-state index is 9.29. The van der Waals surface area contributed by atoms with Gasteiger partial charge in [0.1, 0.15) is 0 Å². The number of fused-ring (bicyclic) bond motifs is 1. The van der Waals surface area contributed by atoms with Crippen molar-refractivity contribution in [3.8, 4) is 0 Å². The lowest BCUT2D eigenvalue weighted by Gasteiger charge is -2.21. The highest BCUT2D eigenvalue weighted by Gasteiger charge is 2.16. The predicted octanol–water partition coefficient (Wildman–Crippen LogP) is 2.86. The molecule has 90 valence electrons. The molecule has 2 aromatic rings. The first-order valence-electron chi connectivity index (χ1n) is 6.11. The Kier molecular flexibility index (Phi) is 3.77. The number of aliphatic hydroxyl groups is 1. The molecule has 0 aromatic heterocycles. The zero-order chi connectivity index (χ0) is 12.3. The van der Waals surface area contributed by atoms with E-state index in [0.29, 0.717) is 0 Å². The average molecular weight is 229 g/mol. The van der Waals surface area contributed by atoms with E-state index in [1.54, 1.807) is 0 Å². The van der Waals surface area contributed by atoms with Crippen LogP contribution in [0.3, 0.4) is 0 Å². The van der Waals surface area contributed by atoms with E-state index in [0.717, 1.165) is 12.0 Å². The first-order chi connectivity index (χ1) is 8.26. The maximum Gasteiger partial charge on any atom is 0.0477 e. The summed E-state index contributed by atoms with van der Waals surface area (Å²) >= 11 is 0. The number of hydrogen-bond donors (Lipinski definition) is 2. The molecule has 2 unspecified atom stereocenters. The Balaban J connectivity index is 2.35. The molecule has 2 nitrogen and oxygen atoms in total. The van der Waals surface area contributed by atoms with Crippen LogP contribution in [0, 0.1) is 5.92 Å². The highest BCUT2D eigenvalue weighted by molar-refractivity contribution is 5.83. The maximum absolute atomic E-state index is 9.29. The van der Waals surface area contributed by atoms with Crippen molar-refractivity contribution in [2.45, 2.75) is 19.4 Å². The molecular formula is C15H19NO. The van der Waals surface area contributed by atoms with Gasteiger partial charge in [0.05, 0.1) is 0 Å². The zero-order valence-electron chi connectivity index (χ0n) is 10.1. The first kappa shape index (κ1) is 12.1. The Bertz CT molecular complexity index is 491. The van der Waals surface area contributed by atoms with E-state index in [-0.39, 0.29) is 18.6 Å². The molecule has 0 aliphatic rings. The van der Waals surface area contributed by atoms with Crippen LogP contribution in [0.4, 0.5) is 0 Å². The quantitative estimate of drug-likeness (QED) is 0.846. The van der Waals surface area contributed by atoms with Gasteiger partial charge in [-0.15, -0.1) is 0 Å². The lowest BCUT2D eigenvalue weighted by molar-refractivity contribution is 0.201. The monoisotopic (exact) mass is 229 g/mol. The lowest BCUT2D eigenvalue weighted by Crippen LogP contribution is -2.23. The first-order valence-corrected chi connectivity index (χ1v) is 6.11. The SMILES string of the molecule is CCC(CO)C(N)c1ccc2ccccc2c1. The van der Waals surface area contributed by atoms with Crippen molar-refractivity contribution in [1.82, 2.24) is 0 Å². The van der Waals surface area contributed by atoms with Crippen LogP contribution in [0.15, 0.2) is 42.5 Å². The summed E-state index contributed by atoms with van der Waals surface area (Å²) in [4.78, 5) is 0. The molecule has 17 heavy (non-hydrogen) atoms. The van der Waals surface area contributed by atoms with Gasteiger partial charge in [0.15, 0.2) is 0 Å². The number of hydrogen-bond acceptors (Lipinski definition) is 2. The summed E-state index contributed by atoms with van der Waals surface area (Å²) < 4.78 is 0. The highest BCUT2D eigenvalue weighted by atomic mass is 16.3. The fourth-order valence-electron chi connectivity index (χ4n) is 2.18. The van der Waals surface area contributed by atoms with E-state index in [1.807, 2.05) is 12.1 Å². The zero-order valence-corrected chi connectivity index (χ0v) is 10.1. The normalized spacial score (nSPS) is 14.8. The smallest absolute Gasteiger partial charge is 0.0477 e. The molecule has 2 atom stereocenters. The average Bonchev–Trinajstić information content (AvgIpc) is 2.39. The number of rotatable bonds is 4. The molecule has 2 aromatic carbocycles. The third-order valence-electron chi connectivity index (χ3n) is 3.43. The van der Waals surface area contributed by atoms with Crippen LogP contribution in [0.5, 0.6) is 0 Å². The topological polar surface area (TPSA) is 46.2 Å². The molecule has 0 saturated carbocycles. The second kappa shape index (κ2) is 5.30. The third-order valence-corrected chi connectivity index (χ3v) is 3.43. The van der Waals surface area contributed by atoms with E-state index in [9.17, 15) is 5.11 Å². The molecule has 0 radical (unpaired) electrons. The van der Waals surface area contributed by atoms with Gasteiger partial charge in [0.2, 0.25) is 0 Å². The van der Waals surface area contributed by atoms with Crippen LogP contribution in [-0.4, -0.2) is 11.7 Å². The molecule has 2 heteroatoms. The summed E-state index contributed by atoms with van der Waals surface area (Å²) in [7, 11) is 0. The predicted molar refractivity (Wildman–Crippen MR) is 71.7 cm³/mol. The van der Waals surface area contributed by atoms with Gasteiger partial charge in [0, 0.05) is 18.6 Å². The molecule has 0 amide bonds. The molecule has 0 saturated heterocycles. The van der Waals surface area contributed by atoms with Crippen molar-refractivity contribution < 1.29 is 5.11 Å². The van der Waals surface area contributed by atoms with Gasteiger partial charge >= 0.3 is 0 Å². The Labute approximate surface area is 102 Å². The van der Waals surface area contributed by atoms with E-state index < -0.39 is 0 Å². The third kappa shape index (κ3) is 2.48. The largest absolute Gasteiger partial charge is 0.396 e. The Morgan fingerprint density at radius 2 is 1.82 bits per heavy atom. The highest BCUT2D eigenvalue weighted by Crippen LogP contribution is 2.25. The van der Waals surface area contributed by atoms with Gasteiger partial charge in [-0.05, 0) is 28.8 Å². The summed E-state index contributed by atoms with van der Waals surface area (Å²) in [5, 5.41) is 11.7. The van der Waals surface area contributed by atoms with Crippen molar-refractivity contribution in [2.24, 2.45) is 11.7 Å². The van der Waals surface area contributed by atoms with Gasteiger partial charge < -0.3 is 10.8 Å². The molecule has 2 rings (SSSR count). The second-order valence-corrected chi connectivity index (χ2v) is 4.48. The van der Waals surface area contributed by atoms with E-state index in [4.69, 9.17) is 5.73 Å². The van der Waals surface area contributed by atoms with Crippen LogP contribution in [0.1, 0.15) is 24.9 Å². The minimum atomic E-state index is -0.0883. The number of benzene rings is 2. The van der Waals surface area contributed by atoms with Crippen LogP contribution in [0.25, 0.3) is 10.8 Å². The second-order valence-electron chi connectivity index (χ2n) is 4.48. The summed E-state index contributed by atoms with van der Waals surface area (Å²) in [6.07, 6.45) is 0.893. The molecule has 0 aliphatic carbocycles. The Morgan fingerprint density at radius 3 is 2.47 bits per heavy atom. The minimum Gasteiger partial charge on any atom is -0.396 e. The molecule has 0 heterocycles. The van der Waals surface area contributed by atoms with Gasteiger partial charge in [-0.1, -0.05) is 43.3 Å². The van der Waals surface area contributed by atoms with Gasteiger partial charge in [-0.2, -0.15) is 0 Å². The lowest BCUT2D eigenvalue weighted by atomic mass is 9.91. The summed E-state index contributed by atoms with van der Waals surface area (Å²) in [6.45, 7) is 2.20.